The predicted octanol–water partition coefficient (Wildman–Crippen LogP) is 0.596. The molecule has 0 aliphatic carbocycles. The number of hydrogen-bond acceptors (Lipinski definition) is 14. The van der Waals surface area contributed by atoms with Crippen molar-refractivity contribution in [2.75, 3.05) is 183 Å². The molecule has 0 aliphatic heterocycles. The normalized spacial score (nSPS) is 11.6. The van der Waals surface area contributed by atoms with Crippen LogP contribution in [0.25, 0.3) is 0 Å². The Morgan fingerprint density at radius 1 is 0.233 bits per heavy atom. The van der Waals surface area contributed by atoms with Gasteiger partial charge in [-0.15, -0.1) is 0 Å². The Hall–Kier alpha value is 0.170. The fourth-order valence-corrected chi connectivity index (χ4v) is 3.19. The van der Waals surface area contributed by atoms with Crippen LogP contribution in [-0.2, 0) is 61.6 Å². The lowest BCUT2D eigenvalue weighted by Gasteiger charge is -2.09. The number of hydrogen-bond donors (Lipinski definition) is 1. The van der Waals surface area contributed by atoms with E-state index in [-0.39, 0.29) is 0 Å². The molecular formula is C28H58INO13. The Labute approximate surface area is 272 Å². The molecular weight excluding hydrogens is 685 g/mol. The smallest absolute Gasteiger partial charge is 0.0701 e. The van der Waals surface area contributed by atoms with Crippen molar-refractivity contribution >= 4 is 22.6 Å². The van der Waals surface area contributed by atoms with Crippen molar-refractivity contribution in [3.05, 3.63) is 0 Å². The van der Waals surface area contributed by atoms with Gasteiger partial charge in [0, 0.05) is 11.0 Å². The van der Waals surface area contributed by atoms with E-state index in [9.17, 15) is 0 Å². The minimum absolute atomic E-state index is 0.512. The average molecular weight is 744 g/mol. The van der Waals surface area contributed by atoms with E-state index in [1.165, 1.54) is 0 Å². The molecule has 0 aromatic rings. The summed E-state index contributed by atoms with van der Waals surface area (Å²) in [5.74, 6) is 0. The zero-order chi connectivity index (χ0) is 31.0. The lowest BCUT2D eigenvalue weighted by atomic mass is 10.6. The van der Waals surface area contributed by atoms with Crippen LogP contribution >= 0.6 is 22.6 Å². The van der Waals surface area contributed by atoms with Gasteiger partial charge in [-0.25, -0.2) is 0 Å². The second-order valence-corrected chi connectivity index (χ2v) is 9.52. The minimum atomic E-state index is 0.512. The second kappa shape index (κ2) is 42.2. The number of halogens is 1. The van der Waals surface area contributed by atoms with Gasteiger partial charge >= 0.3 is 0 Å². The fourth-order valence-electron chi connectivity index (χ4n) is 2.88. The zero-order valence-electron chi connectivity index (χ0n) is 26.1. The van der Waals surface area contributed by atoms with E-state index in [0.29, 0.717) is 172 Å². The van der Waals surface area contributed by atoms with E-state index < -0.39 is 0 Å². The fraction of sp³-hybridized carbons (Fsp3) is 1.00. The quantitative estimate of drug-likeness (QED) is 0.0531. The summed E-state index contributed by atoms with van der Waals surface area (Å²) in [6.07, 6.45) is 0. The highest BCUT2D eigenvalue weighted by molar-refractivity contribution is 14.1. The molecule has 2 N–H and O–H groups in total. The Morgan fingerprint density at radius 3 is 0.512 bits per heavy atom. The van der Waals surface area contributed by atoms with Crippen LogP contribution < -0.4 is 5.73 Å². The first-order valence-electron chi connectivity index (χ1n) is 15.2. The van der Waals surface area contributed by atoms with E-state index in [1.54, 1.807) is 0 Å². The number of alkyl halides is 1. The van der Waals surface area contributed by atoms with Gasteiger partial charge in [0.1, 0.15) is 0 Å². The Kier molecular flexibility index (Phi) is 42.3. The zero-order valence-corrected chi connectivity index (χ0v) is 28.2. The van der Waals surface area contributed by atoms with E-state index in [1.807, 2.05) is 0 Å². The maximum Gasteiger partial charge on any atom is 0.0701 e. The lowest BCUT2D eigenvalue weighted by Crippen LogP contribution is -2.16. The number of ether oxygens (including phenoxy) is 13. The summed E-state index contributed by atoms with van der Waals surface area (Å²) in [6.45, 7) is 14.6. The van der Waals surface area contributed by atoms with Crippen molar-refractivity contribution < 1.29 is 61.6 Å². The molecule has 0 rings (SSSR count). The molecule has 14 nitrogen and oxygen atoms in total. The second-order valence-electron chi connectivity index (χ2n) is 8.44. The summed E-state index contributed by atoms with van der Waals surface area (Å²) in [6, 6.07) is 0. The summed E-state index contributed by atoms with van der Waals surface area (Å²) in [7, 11) is 0. The van der Waals surface area contributed by atoms with E-state index in [2.05, 4.69) is 22.6 Å². The Bertz CT molecular complexity index is 450. The highest BCUT2D eigenvalue weighted by Crippen LogP contribution is 1.88. The van der Waals surface area contributed by atoms with Crippen LogP contribution in [0.4, 0.5) is 0 Å². The molecule has 0 saturated carbocycles. The maximum atomic E-state index is 5.47. The summed E-state index contributed by atoms with van der Waals surface area (Å²) in [5.41, 5.74) is 5.33. The highest BCUT2D eigenvalue weighted by atomic mass is 127. The van der Waals surface area contributed by atoms with Crippen molar-refractivity contribution in [3.63, 3.8) is 0 Å². The van der Waals surface area contributed by atoms with Crippen LogP contribution in [0.15, 0.2) is 0 Å². The summed E-state index contributed by atoms with van der Waals surface area (Å²) in [5, 5.41) is 0. The van der Waals surface area contributed by atoms with Crippen LogP contribution in [0.1, 0.15) is 0 Å². The average Bonchev–Trinajstić information content (AvgIpc) is 3.02. The van der Waals surface area contributed by atoms with Gasteiger partial charge in [0.05, 0.1) is 172 Å². The number of rotatable bonds is 40. The van der Waals surface area contributed by atoms with E-state index >= 15 is 0 Å². The largest absolute Gasteiger partial charge is 0.378 e. The SMILES string of the molecule is NCCOCCOCCOCCOCCOCCOCCOCCOCCOCCOCCOCCOCCOCCI. The van der Waals surface area contributed by atoms with Gasteiger partial charge in [-0.3, -0.25) is 0 Å². The summed E-state index contributed by atoms with van der Waals surface area (Å²) in [4.78, 5) is 0. The van der Waals surface area contributed by atoms with Gasteiger partial charge in [-0.05, 0) is 0 Å². The molecule has 0 aromatic heterocycles. The van der Waals surface area contributed by atoms with Crippen LogP contribution in [0.2, 0.25) is 0 Å². The van der Waals surface area contributed by atoms with Gasteiger partial charge in [-0.2, -0.15) is 0 Å². The third kappa shape index (κ3) is 42.2. The topological polar surface area (TPSA) is 146 Å². The Balaban J connectivity index is 3.02. The minimum Gasteiger partial charge on any atom is -0.378 e. The van der Waals surface area contributed by atoms with Crippen molar-refractivity contribution in [1.82, 2.24) is 0 Å². The van der Waals surface area contributed by atoms with Crippen molar-refractivity contribution in [2.24, 2.45) is 5.73 Å². The molecule has 0 aromatic carbocycles. The molecule has 0 fully saturated rings. The van der Waals surface area contributed by atoms with Crippen LogP contribution in [0, 0.1) is 0 Å². The molecule has 0 atom stereocenters. The van der Waals surface area contributed by atoms with Gasteiger partial charge in [0.2, 0.25) is 0 Å². The third-order valence-electron chi connectivity index (χ3n) is 4.95. The summed E-state index contributed by atoms with van der Waals surface area (Å²) < 4.78 is 71.4. The van der Waals surface area contributed by atoms with Gasteiger partial charge < -0.3 is 67.3 Å². The molecule has 0 unspecified atom stereocenters. The molecule has 15 heteroatoms. The Morgan fingerprint density at radius 2 is 0.372 bits per heavy atom. The molecule has 0 radical (unpaired) electrons. The first-order valence-corrected chi connectivity index (χ1v) is 16.7. The van der Waals surface area contributed by atoms with Gasteiger partial charge in [0.15, 0.2) is 0 Å². The van der Waals surface area contributed by atoms with Crippen LogP contribution in [-0.4, -0.2) is 183 Å². The third-order valence-corrected chi connectivity index (χ3v) is 5.39. The molecule has 0 heterocycles. The molecule has 0 saturated heterocycles. The molecule has 260 valence electrons. The van der Waals surface area contributed by atoms with Gasteiger partial charge in [-0.1, -0.05) is 22.6 Å². The standard InChI is InChI=1S/C28H58INO13/c29-1-3-31-5-7-33-9-11-35-13-15-37-17-19-39-21-23-41-25-27-43-28-26-42-24-22-40-20-18-38-16-14-36-12-10-34-8-6-32-4-2-30/h1-28,30H2. The predicted molar refractivity (Wildman–Crippen MR) is 169 cm³/mol. The molecule has 0 bridgehead atoms. The lowest BCUT2D eigenvalue weighted by molar-refractivity contribution is -0.0289. The number of nitrogens with two attached hydrogens (primary N) is 1. The van der Waals surface area contributed by atoms with Gasteiger partial charge in [0.25, 0.3) is 0 Å². The first-order chi connectivity index (χ1) is 21.4. The highest BCUT2D eigenvalue weighted by Gasteiger charge is 1.96. The van der Waals surface area contributed by atoms with Crippen molar-refractivity contribution in [1.29, 1.82) is 0 Å². The first kappa shape index (κ1) is 43.2. The molecule has 0 aliphatic rings. The molecule has 0 spiro atoms. The van der Waals surface area contributed by atoms with Crippen LogP contribution in [0.3, 0.4) is 0 Å². The molecule has 43 heavy (non-hydrogen) atoms. The maximum absolute atomic E-state index is 5.47. The van der Waals surface area contributed by atoms with Crippen molar-refractivity contribution in [3.8, 4) is 0 Å². The van der Waals surface area contributed by atoms with Crippen molar-refractivity contribution in [2.45, 2.75) is 0 Å². The van der Waals surface area contributed by atoms with E-state index in [4.69, 9.17) is 67.3 Å². The van der Waals surface area contributed by atoms with Crippen LogP contribution in [0.5, 0.6) is 0 Å². The summed E-state index contributed by atoms with van der Waals surface area (Å²) >= 11 is 2.28. The molecule has 0 amide bonds. The monoisotopic (exact) mass is 743 g/mol. The van der Waals surface area contributed by atoms with E-state index in [0.717, 1.165) is 11.0 Å².